The van der Waals surface area contributed by atoms with E-state index in [9.17, 15) is 0 Å². The molecule has 0 saturated carbocycles. The largest absolute Gasteiger partial charge is 0.344 e. The first-order chi connectivity index (χ1) is 8.31. The van der Waals surface area contributed by atoms with Crippen LogP contribution in [0.2, 0.25) is 0 Å². The Bertz CT molecular complexity index is 140. The van der Waals surface area contributed by atoms with Crippen LogP contribution in [-0.2, 0) is 0 Å². The van der Waals surface area contributed by atoms with Gasteiger partial charge in [0.1, 0.15) is 0 Å². The summed E-state index contributed by atoms with van der Waals surface area (Å²) in [5, 5.41) is 0. The first-order valence-corrected chi connectivity index (χ1v) is 7.77. The fourth-order valence-corrected chi connectivity index (χ4v) is 2.25. The zero-order chi connectivity index (χ0) is 12.8. The highest BCUT2D eigenvalue weighted by atomic mass is 14.6. The lowest BCUT2D eigenvalue weighted by molar-refractivity contribution is 0.508. The highest BCUT2D eigenvalue weighted by Gasteiger charge is 2.00. The van der Waals surface area contributed by atoms with Crippen molar-refractivity contribution in [3.05, 3.63) is 0 Å². The van der Waals surface area contributed by atoms with E-state index in [1.165, 1.54) is 64.2 Å². The van der Waals surface area contributed by atoms with Crippen LogP contribution in [0.3, 0.4) is 0 Å². The molecule has 1 atom stereocenters. The molecule has 0 aromatic carbocycles. The standard InChI is InChI=1S/C15H34N2.H3N/c1-2-3-4-5-6-7-8-9-10-11-12-15(17)13-14-16;/h15H,2-14,16-17H2,1H3;1H3. The van der Waals surface area contributed by atoms with Crippen LogP contribution in [0.1, 0.15) is 84.0 Å². The molecule has 0 aromatic heterocycles. The zero-order valence-electron chi connectivity index (χ0n) is 12.6. The van der Waals surface area contributed by atoms with E-state index >= 15 is 0 Å². The zero-order valence-corrected chi connectivity index (χ0v) is 12.6. The lowest BCUT2D eigenvalue weighted by atomic mass is 10.0. The average molecular weight is 259 g/mol. The Balaban J connectivity index is 0. The van der Waals surface area contributed by atoms with E-state index in [-0.39, 0.29) is 6.15 Å². The van der Waals surface area contributed by atoms with Crippen LogP contribution in [0.4, 0.5) is 0 Å². The van der Waals surface area contributed by atoms with Gasteiger partial charge in [-0.25, -0.2) is 0 Å². The molecule has 7 N–H and O–H groups in total. The summed E-state index contributed by atoms with van der Waals surface area (Å²) in [4.78, 5) is 0. The van der Waals surface area contributed by atoms with Gasteiger partial charge >= 0.3 is 0 Å². The minimum Gasteiger partial charge on any atom is -0.344 e. The quantitative estimate of drug-likeness (QED) is 0.434. The van der Waals surface area contributed by atoms with Gasteiger partial charge in [-0.3, -0.25) is 0 Å². The predicted molar refractivity (Wildman–Crippen MR) is 83.1 cm³/mol. The summed E-state index contributed by atoms with van der Waals surface area (Å²) >= 11 is 0. The summed E-state index contributed by atoms with van der Waals surface area (Å²) in [5.41, 5.74) is 11.4. The number of rotatable bonds is 13. The summed E-state index contributed by atoms with van der Waals surface area (Å²) in [5.74, 6) is 0. The van der Waals surface area contributed by atoms with Crippen LogP contribution in [0.15, 0.2) is 0 Å². The minimum atomic E-state index is 0. The van der Waals surface area contributed by atoms with Gasteiger partial charge in [0.25, 0.3) is 0 Å². The molecule has 0 heterocycles. The van der Waals surface area contributed by atoms with Gasteiger partial charge in [0, 0.05) is 6.04 Å². The predicted octanol–water partition coefficient (Wildman–Crippen LogP) is 4.14. The van der Waals surface area contributed by atoms with Gasteiger partial charge < -0.3 is 17.6 Å². The summed E-state index contributed by atoms with van der Waals surface area (Å²) in [6, 6.07) is 0.342. The summed E-state index contributed by atoms with van der Waals surface area (Å²) < 4.78 is 0. The molecule has 18 heavy (non-hydrogen) atoms. The molecule has 0 amide bonds. The van der Waals surface area contributed by atoms with Crippen molar-refractivity contribution in [1.29, 1.82) is 0 Å². The van der Waals surface area contributed by atoms with Crippen molar-refractivity contribution in [3.63, 3.8) is 0 Å². The molecule has 112 valence electrons. The second-order valence-corrected chi connectivity index (χ2v) is 5.31. The highest BCUT2D eigenvalue weighted by molar-refractivity contribution is 4.61. The third-order valence-corrected chi connectivity index (χ3v) is 3.47. The van der Waals surface area contributed by atoms with E-state index < -0.39 is 0 Å². The van der Waals surface area contributed by atoms with Gasteiger partial charge in [-0.1, -0.05) is 71.1 Å². The maximum atomic E-state index is 5.91. The smallest absolute Gasteiger partial charge is 0.00508 e. The molecule has 0 aliphatic heterocycles. The Kier molecular flexibility index (Phi) is 18.9. The van der Waals surface area contributed by atoms with E-state index in [0.29, 0.717) is 6.04 Å². The van der Waals surface area contributed by atoms with Gasteiger partial charge in [-0.05, 0) is 19.4 Å². The van der Waals surface area contributed by atoms with Crippen molar-refractivity contribution in [2.24, 2.45) is 11.5 Å². The molecule has 0 aliphatic rings. The van der Waals surface area contributed by atoms with E-state index in [2.05, 4.69) is 6.92 Å². The highest BCUT2D eigenvalue weighted by Crippen LogP contribution is 2.11. The molecule has 1 unspecified atom stereocenters. The number of hydrogen-bond donors (Lipinski definition) is 3. The molecular formula is C15H37N3. The van der Waals surface area contributed by atoms with Crippen molar-refractivity contribution in [2.75, 3.05) is 6.54 Å². The van der Waals surface area contributed by atoms with Crippen LogP contribution in [0.5, 0.6) is 0 Å². The molecule has 3 heteroatoms. The van der Waals surface area contributed by atoms with Crippen LogP contribution < -0.4 is 17.6 Å². The fraction of sp³-hybridized carbons (Fsp3) is 1.00. The molecular weight excluding hydrogens is 222 g/mol. The summed E-state index contributed by atoms with van der Waals surface area (Å²) in [7, 11) is 0. The maximum absolute atomic E-state index is 5.91. The van der Waals surface area contributed by atoms with Crippen molar-refractivity contribution in [3.8, 4) is 0 Å². The lowest BCUT2D eigenvalue weighted by Crippen LogP contribution is -2.23. The van der Waals surface area contributed by atoms with E-state index in [0.717, 1.165) is 19.4 Å². The van der Waals surface area contributed by atoms with Crippen molar-refractivity contribution >= 4 is 0 Å². The van der Waals surface area contributed by atoms with Crippen LogP contribution >= 0.6 is 0 Å². The van der Waals surface area contributed by atoms with Gasteiger partial charge in [0.15, 0.2) is 0 Å². The monoisotopic (exact) mass is 259 g/mol. The Morgan fingerprint density at radius 2 is 1.17 bits per heavy atom. The lowest BCUT2D eigenvalue weighted by Gasteiger charge is -2.09. The minimum absolute atomic E-state index is 0. The maximum Gasteiger partial charge on any atom is 0.00508 e. The fourth-order valence-electron chi connectivity index (χ4n) is 2.25. The molecule has 0 fully saturated rings. The second-order valence-electron chi connectivity index (χ2n) is 5.31. The first-order valence-electron chi connectivity index (χ1n) is 7.77. The van der Waals surface area contributed by atoms with Crippen LogP contribution in [0, 0.1) is 0 Å². The second kappa shape index (κ2) is 16.9. The molecule has 0 spiro atoms. The number of unbranched alkanes of at least 4 members (excludes halogenated alkanes) is 9. The number of hydrogen-bond acceptors (Lipinski definition) is 3. The molecule has 0 rings (SSSR count). The van der Waals surface area contributed by atoms with E-state index in [1.54, 1.807) is 0 Å². The molecule has 0 aliphatic carbocycles. The van der Waals surface area contributed by atoms with Gasteiger partial charge in [0.05, 0.1) is 0 Å². The van der Waals surface area contributed by atoms with Gasteiger partial charge in [0.2, 0.25) is 0 Å². The molecule has 0 aromatic rings. The SMILES string of the molecule is CCCCCCCCCCCCC(N)CCN.N. The molecule has 0 bridgehead atoms. The normalized spacial score (nSPS) is 12.2. The summed E-state index contributed by atoms with van der Waals surface area (Å²) in [6.45, 7) is 3.01. The summed E-state index contributed by atoms with van der Waals surface area (Å²) in [6.07, 6.45) is 16.1. The Morgan fingerprint density at radius 3 is 1.61 bits per heavy atom. The topological polar surface area (TPSA) is 87.0 Å². The molecule has 3 nitrogen and oxygen atoms in total. The molecule has 0 radical (unpaired) electrons. The van der Waals surface area contributed by atoms with Crippen LogP contribution in [-0.4, -0.2) is 12.6 Å². The van der Waals surface area contributed by atoms with Crippen molar-refractivity contribution in [2.45, 2.75) is 90.0 Å². The molecule has 0 saturated heterocycles. The van der Waals surface area contributed by atoms with Crippen molar-refractivity contribution in [1.82, 2.24) is 6.15 Å². The van der Waals surface area contributed by atoms with Crippen molar-refractivity contribution < 1.29 is 0 Å². The van der Waals surface area contributed by atoms with E-state index in [4.69, 9.17) is 11.5 Å². The van der Waals surface area contributed by atoms with Gasteiger partial charge in [-0.2, -0.15) is 0 Å². The van der Waals surface area contributed by atoms with Gasteiger partial charge in [-0.15, -0.1) is 0 Å². The van der Waals surface area contributed by atoms with Crippen LogP contribution in [0.25, 0.3) is 0 Å². The Labute approximate surface area is 115 Å². The van der Waals surface area contributed by atoms with E-state index in [1.807, 2.05) is 0 Å². The average Bonchev–Trinajstić information content (AvgIpc) is 2.32. The third kappa shape index (κ3) is 15.9. The third-order valence-electron chi connectivity index (χ3n) is 3.47. The number of nitrogens with two attached hydrogens (primary N) is 2. The first kappa shape index (κ1) is 20.2. The Morgan fingerprint density at radius 1 is 0.722 bits per heavy atom. The Hall–Kier alpha value is -0.120.